The molecule has 0 fully saturated rings. The van der Waals surface area contributed by atoms with Crippen molar-refractivity contribution >= 4 is 17.8 Å². The number of hydrogen-bond acceptors (Lipinski definition) is 6. The normalized spacial score (nSPS) is 10.6. The lowest BCUT2D eigenvalue weighted by Gasteiger charge is -2.11. The van der Waals surface area contributed by atoms with Crippen molar-refractivity contribution in [3.63, 3.8) is 0 Å². The Morgan fingerprint density at radius 3 is 2.52 bits per heavy atom. The third-order valence-electron chi connectivity index (χ3n) is 4.50. The first kappa shape index (κ1) is 21.5. The predicted octanol–water partition coefficient (Wildman–Crippen LogP) is 4.25. The number of rotatable bonds is 8. The minimum Gasteiger partial charge on any atom is -0.493 e. The first-order valence-electron chi connectivity index (χ1n) is 9.41. The van der Waals surface area contributed by atoms with Gasteiger partial charge < -0.3 is 9.47 Å². The van der Waals surface area contributed by atoms with Gasteiger partial charge in [-0.15, -0.1) is 0 Å². The van der Waals surface area contributed by atoms with Crippen LogP contribution in [-0.2, 0) is 6.61 Å². The fourth-order valence-corrected chi connectivity index (χ4v) is 2.81. The van der Waals surface area contributed by atoms with E-state index in [1.807, 2.05) is 19.1 Å². The molecule has 0 unspecified atom stereocenters. The summed E-state index contributed by atoms with van der Waals surface area (Å²) in [7, 11) is 1.53. The monoisotopic (exact) mass is 419 g/mol. The Bertz CT molecular complexity index is 1110. The zero-order valence-electron chi connectivity index (χ0n) is 17.1. The number of nitrogens with zero attached hydrogens (tertiary/aromatic N) is 2. The summed E-state index contributed by atoms with van der Waals surface area (Å²) in [6.45, 7) is 2.07. The maximum Gasteiger partial charge on any atom is 0.271 e. The Hall–Kier alpha value is -4.20. The number of amides is 1. The molecule has 8 heteroatoms. The van der Waals surface area contributed by atoms with Crippen LogP contribution in [0.5, 0.6) is 11.5 Å². The molecular formula is C23H21N3O5. The molecular weight excluding hydrogens is 398 g/mol. The van der Waals surface area contributed by atoms with Gasteiger partial charge in [0.1, 0.15) is 6.61 Å². The molecule has 3 aromatic carbocycles. The molecule has 8 nitrogen and oxygen atoms in total. The maximum absolute atomic E-state index is 12.2. The van der Waals surface area contributed by atoms with E-state index in [4.69, 9.17) is 9.47 Å². The number of nitro benzene ring substituents is 1. The largest absolute Gasteiger partial charge is 0.493 e. The van der Waals surface area contributed by atoms with E-state index in [-0.39, 0.29) is 18.2 Å². The van der Waals surface area contributed by atoms with Crippen LogP contribution in [0.25, 0.3) is 0 Å². The van der Waals surface area contributed by atoms with Crippen LogP contribution in [0.4, 0.5) is 5.69 Å². The molecule has 0 aliphatic heterocycles. The summed E-state index contributed by atoms with van der Waals surface area (Å²) in [4.78, 5) is 22.5. The minimum absolute atomic E-state index is 0.0206. The number of nitrogens with one attached hydrogen (secondary N) is 1. The average molecular weight is 419 g/mol. The maximum atomic E-state index is 12.2. The Balaban J connectivity index is 1.67. The van der Waals surface area contributed by atoms with Crippen LogP contribution in [0.1, 0.15) is 27.0 Å². The van der Waals surface area contributed by atoms with Gasteiger partial charge in [0.25, 0.3) is 11.6 Å². The fourth-order valence-electron chi connectivity index (χ4n) is 2.81. The number of hydrogen-bond donors (Lipinski definition) is 1. The molecule has 1 N–H and O–H groups in total. The summed E-state index contributed by atoms with van der Waals surface area (Å²) in [5.74, 6) is 0.718. The van der Waals surface area contributed by atoms with E-state index in [0.29, 0.717) is 22.6 Å². The molecule has 0 saturated heterocycles. The van der Waals surface area contributed by atoms with E-state index in [1.165, 1.54) is 25.5 Å². The second-order valence-corrected chi connectivity index (χ2v) is 6.64. The highest BCUT2D eigenvalue weighted by atomic mass is 16.6. The fraction of sp³-hybridized carbons (Fsp3) is 0.130. The molecule has 158 valence electrons. The van der Waals surface area contributed by atoms with Crippen molar-refractivity contribution in [2.24, 2.45) is 5.10 Å². The van der Waals surface area contributed by atoms with E-state index in [0.717, 1.165) is 11.1 Å². The molecule has 31 heavy (non-hydrogen) atoms. The number of carbonyl (C=O) groups is 1. The van der Waals surface area contributed by atoms with Gasteiger partial charge in [0.15, 0.2) is 11.5 Å². The van der Waals surface area contributed by atoms with Crippen molar-refractivity contribution in [3.8, 4) is 11.5 Å². The SMILES string of the molecule is COc1ccc(/C=N/NC(=O)c2ccccc2C)cc1OCc1ccc([N+](=O)[O-])cc1. The molecule has 0 radical (unpaired) electrons. The van der Waals surface area contributed by atoms with Crippen LogP contribution < -0.4 is 14.9 Å². The predicted molar refractivity (Wildman–Crippen MR) is 117 cm³/mol. The summed E-state index contributed by atoms with van der Waals surface area (Å²) < 4.78 is 11.1. The highest BCUT2D eigenvalue weighted by Gasteiger charge is 2.09. The summed E-state index contributed by atoms with van der Waals surface area (Å²) in [5, 5.41) is 14.8. The molecule has 0 saturated carbocycles. The number of non-ortho nitro benzene ring substituents is 1. The van der Waals surface area contributed by atoms with Crippen LogP contribution in [-0.4, -0.2) is 24.2 Å². The van der Waals surface area contributed by atoms with Gasteiger partial charge >= 0.3 is 0 Å². The Kier molecular flexibility index (Phi) is 6.95. The zero-order chi connectivity index (χ0) is 22.2. The molecule has 0 atom stereocenters. The third kappa shape index (κ3) is 5.66. The van der Waals surface area contributed by atoms with Gasteiger partial charge in [0.2, 0.25) is 0 Å². The smallest absolute Gasteiger partial charge is 0.271 e. The molecule has 0 bridgehead atoms. The highest BCUT2D eigenvalue weighted by molar-refractivity contribution is 5.96. The quantitative estimate of drug-likeness (QED) is 0.334. The second kappa shape index (κ2) is 10.0. The van der Waals surface area contributed by atoms with Crippen LogP contribution in [0.2, 0.25) is 0 Å². The van der Waals surface area contributed by atoms with Gasteiger partial charge in [-0.05, 0) is 60.0 Å². The molecule has 0 aliphatic rings. The van der Waals surface area contributed by atoms with Crippen molar-refractivity contribution in [2.45, 2.75) is 13.5 Å². The number of ether oxygens (including phenoxy) is 2. The van der Waals surface area contributed by atoms with Gasteiger partial charge in [-0.2, -0.15) is 5.10 Å². The van der Waals surface area contributed by atoms with E-state index in [2.05, 4.69) is 10.5 Å². The van der Waals surface area contributed by atoms with Crippen molar-refractivity contribution in [1.82, 2.24) is 5.43 Å². The van der Waals surface area contributed by atoms with Crippen molar-refractivity contribution in [1.29, 1.82) is 0 Å². The van der Waals surface area contributed by atoms with Crippen molar-refractivity contribution in [3.05, 3.63) is 99.1 Å². The van der Waals surface area contributed by atoms with E-state index >= 15 is 0 Å². The minimum atomic E-state index is -0.450. The van der Waals surface area contributed by atoms with Crippen LogP contribution in [0.15, 0.2) is 71.8 Å². The second-order valence-electron chi connectivity index (χ2n) is 6.64. The zero-order valence-corrected chi connectivity index (χ0v) is 17.1. The van der Waals surface area contributed by atoms with Crippen molar-refractivity contribution < 1.29 is 19.2 Å². The highest BCUT2D eigenvalue weighted by Crippen LogP contribution is 2.28. The molecule has 3 aromatic rings. The molecule has 3 rings (SSSR count). The summed E-state index contributed by atoms with van der Waals surface area (Å²) in [6, 6.07) is 18.6. The van der Waals surface area contributed by atoms with Gasteiger partial charge in [0, 0.05) is 17.7 Å². The van der Waals surface area contributed by atoms with E-state index < -0.39 is 4.92 Å². The van der Waals surface area contributed by atoms with E-state index in [1.54, 1.807) is 42.5 Å². The first-order valence-corrected chi connectivity index (χ1v) is 9.41. The molecule has 0 spiro atoms. The number of methoxy groups -OCH3 is 1. The Labute approximate surface area is 179 Å². The van der Waals surface area contributed by atoms with Crippen LogP contribution in [0.3, 0.4) is 0 Å². The number of benzene rings is 3. The molecule has 0 aliphatic carbocycles. The summed E-state index contributed by atoms with van der Waals surface area (Å²) in [6.07, 6.45) is 1.51. The van der Waals surface area contributed by atoms with Crippen LogP contribution >= 0.6 is 0 Å². The summed E-state index contributed by atoms with van der Waals surface area (Å²) >= 11 is 0. The standard InChI is InChI=1S/C23H21N3O5/c1-16-5-3-4-6-20(16)23(27)25-24-14-18-9-12-21(30-2)22(13-18)31-15-17-7-10-19(11-8-17)26(28)29/h3-14H,15H2,1-2H3,(H,25,27)/b24-14+. The number of carbonyl (C=O) groups excluding carboxylic acids is 1. The lowest BCUT2D eigenvalue weighted by atomic mass is 10.1. The lowest BCUT2D eigenvalue weighted by molar-refractivity contribution is -0.384. The topological polar surface area (TPSA) is 103 Å². The molecule has 1 amide bonds. The first-order chi connectivity index (χ1) is 15.0. The molecule has 0 heterocycles. The van der Waals surface area contributed by atoms with Crippen molar-refractivity contribution in [2.75, 3.05) is 7.11 Å². The third-order valence-corrected chi connectivity index (χ3v) is 4.50. The Morgan fingerprint density at radius 2 is 1.84 bits per heavy atom. The van der Waals surface area contributed by atoms with Gasteiger partial charge in [0.05, 0.1) is 18.2 Å². The Morgan fingerprint density at radius 1 is 1.10 bits per heavy atom. The van der Waals surface area contributed by atoms with E-state index in [9.17, 15) is 14.9 Å². The molecule has 0 aromatic heterocycles. The summed E-state index contributed by atoms with van der Waals surface area (Å²) in [5.41, 5.74) is 5.43. The number of aryl methyl sites for hydroxylation is 1. The lowest BCUT2D eigenvalue weighted by Crippen LogP contribution is -2.18. The van der Waals surface area contributed by atoms with Gasteiger partial charge in [-0.1, -0.05) is 18.2 Å². The number of nitro groups is 1. The van der Waals surface area contributed by atoms with Gasteiger partial charge in [-0.25, -0.2) is 5.43 Å². The average Bonchev–Trinajstić information content (AvgIpc) is 2.78. The van der Waals surface area contributed by atoms with Gasteiger partial charge in [-0.3, -0.25) is 14.9 Å². The van der Waals surface area contributed by atoms with Crippen LogP contribution in [0, 0.1) is 17.0 Å². The number of hydrazone groups is 1.